The van der Waals surface area contributed by atoms with Gasteiger partial charge in [0.25, 0.3) is 0 Å². The van der Waals surface area contributed by atoms with Gasteiger partial charge in [-0.05, 0) is 39.2 Å². The molecular formula is C13H24N2O2. The second kappa shape index (κ2) is 7.65. The van der Waals surface area contributed by atoms with Crippen molar-refractivity contribution in [2.75, 3.05) is 26.4 Å². The minimum absolute atomic E-state index is 0.220. The van der Waals surface area contributed by atoms with Crippen molar-refractivity contribution >= 4 is 0 Å². The molecule has 0 bridgehead atoms. The number of nitrogens with zero attached hydrogens (tertiary/aromatic N) is 1. The van der Waals surface area contributed by atoms with Gasteiger partial charge in [-0.3, -0.25) is 5.32 Å². The Morgan fingerprint density at radius 1 is 1.53 bits per heavy atom. The van der Waals surface area contributed by atoms with Gasteiger partial charge in [-0.1, -0.05) is 6.92 Å². The minimum Gasteiger partial charge on any atom is -0.376 e. The smallest absolute Gasteiger partial charge is 0.127 e. The molecule has 1 N–H and O–H groups in total. The highest BCUT2D eigenvalue weighted by Crippen LogP contribution is 2.13. The molecule has 1 heterocycles. The summed E-state index contributed by atoms with van der Waals surface area (Å²) < 4.78 is 11.2. The maximum atomic E-state index is 9.13. The third kappa shape index (κ3) is 5.49. The summed E-state index contributed by atoms with van der Waals surface area (Å²) in [5.41, 5.74) is -0.579. The zero-order valence-corrected chi connectivity index (χ0v) is 11.0. The fourth-order valence-electron chi connectivity index (χ4n) is 1.86. The molecule has 1 fully saturated rings. The summed E-state index contributed by atoms with van der Waals surface area (Å²) >= 11 is 0. The van der Waals surface area contributed by atoms with Crippen molar-refractivity contribution in [1.29, 1.82) is 5.26 Å². The quantitative estimate of drug-likeness (QED) is 0.738. The number of hydrogen-bond acceptors (Lipinski definition) is 4. The number of rotatable bonds is 7. The molecular weight excluding hydrogens is 216 g/mol. The van der Waals surface area contributed by atoms with Gasteiger partial charge in [0.05, 0.1) is 25.4 Å². The van der Waals surface area contributed by atoms with Crippen LogP contribution in [0.25, 0.3) is 0 Å². The first-order valence-corrected chi connectivity index (χ1v) is 6.56. The van der Waals surface area contributed by atoms with Crippen LogP contribution >= 0.6 is 0 Å². The van der Waals surface area contributed by atoms with Crippen LogP contribution in [0.2, 0.25) is 0 Å². The molecule has 0 aromatic carbocycles. The number of hydrogen-bond donors (Lipinski definition) is 1. The molecule has 2 atom stereocenters. The van der Waals surface area contributed by atoms with Crippen molar-refractivity contribution in [3.8, 4) is 6.07 Å². The normalized spacial score (nSPS) is 23.9. The summed E-state index contributed by atoms with van der Waals surface area (Å²) in [6.07, 6.45) is 4.69. The van der Waals surface area contributed by atoms with Crippen molar-refractivity contribution in [2.24, 2.45) is 0 Å². The second-order valence-corrected chi connectivity index (χ2v) is 4.87. The largest absolute Gasteiger partial charge is 0.376 e. The Kier molecular flexibility index (Phi) is 6.49. The summed E-state index contributed by atoms with van der Waals surface area (Å²) in [5, 5.41) is 12.3. The van der Waals surface area contributed by atoms with Crippen LogP contribution in [0.15, 0.2) is 0 Å². The van der Waals surface area contributed by atoms with Crippen LogP contribution in [0.5, 0.6) is 0 Å². The summed E-state index contributed by atoms with van der Waals surface area (Å²) in [6.45, 7) is 6.67. The van der Waals surface area contributed by atoms with Crippen LogP contribution in [0.1, 0.15) is 39.5 Å². The van der Waals surface area contributed by atoms with Crippen molar-refractivity contribution in [1.82, 2.24) is 5.32 Å². The molecule has 0 amide bonds. The highest BCUT2D eigenvalue weighted by Gasteiger charge is 2.24. The Hall–Kier alpha value is -0.630. The van der Waals surface area contributed by atoms with E-state index in [1.807, 2.05) is 6.92 Å². The van der Waals surface area contributed by atoms with Crippen LogP contribution in [-0.2, 0) is 9.47 Å². The first-order chi connectivity index (χ1) is 8.20. The van der Waals surface area contributed by atoms with Gasteiger partial charge in [-0.15, -0.1) is 0 Å². The topological polar surface area (TPSA) is 54.3 Å². The molecule has 4 nitrogen and oxygen atoms in total. The van der Waals surface area contributed by atoms with Gasteiger partial charge >= 0.3 is 0 Å². The Morgan fingerprint density at radius 2 is 2.35 bits per heavy atom. The summed E-state index contributed by atoms with van der Waals surface area (Å²) in [7, 11) is 0. The first-order valence-electron chi connectivity index (χ1n) is 6.56. The van der Waals surface area contributed by atoms with Crippen LogP contribution < -0.4 is 5.32 Å². The molecule has 1 saturated heterocycles. The van der Waals surface area contributed by atoms with Crippen molar-refractivity contribution in [3.05, 3.63) is 0 Å². The molecule has 1 rings (SSSR count). The highest BCUT2D eigenvalue weighted by atomic mass is 16.5. The average molecular weight is 240 g/mol. The zero-order chi connectivity index (χ0) is 12.6. The Labute approximate surface area is 104 Å². The predicted molar refractivity (Wildman–Crippen MR) is 66.7 cm³/mol. The molecule has 0 saturated carbocycles. The average Bonchev–Trinajstić information content (AvgIpc) is 2.38. The highest BCUT2D eigenvalue weighted by molar-refractivity contribution is 5.03. The minimum atomic E-state index is -0.579. The van der Waals surface area contributed by atoms with E-state index in [1.165, 1.54) is 6.42 Å². The Bertz CT molecular complexity index is 246. The van der Waals surface area contributed by atoms with Crippen LogP contribution in [0.4, 0.5) is 0 Å². The first kappa shape index (κ1) is 14.4. The van der Waals surface area contributed by atoms with Gasteiger partial charge in [0.15, 0.2) is 0 Å². The van der Waals surface area contributed by atoms with E-state index in [1.54, 1.807) is 0 Å². The van der Waals surface area contributed by atoms with Crippen molar-refractivity contribution < 1.29 is 9.47 Å². The van der Waals surface area contributed by atoms with Gasteiger partial charge in [0.1, 0.15) is 5.54 Å². The lowest BCUT2D eigenvalue weighted by atomic mass is 10.1. The molecule has 0 aromatic rings. The second-order valence-electron chi connectivity index (χ2n) is 4.87. The lowest BCUT2D eigenvalue weighted by Crippen LogP contribution is -2.46. The lowest BCUT2D eigenvalue weighted by Gasteiger charge is -2.26. The molecule has 0 aliphatic carbocycles. The van der Waals surface area contributed by atoms with E-state index < -0.39 is 5.54 Å². The van der Waals surface area contributed by atoms with E-state index in [0.29, 0.717) is 13.2 Å². The number of ether oxygens (including phenoxy) is 2. The monoisotopic (exact) mass is 240 g/mol. The van der Waals surface area contributed by atoms with E-state index in [0.717, 1.165) is 32.4 Å². The molecule has 4 heteroatoms. The van der Waals surface area contributed by atoms with Gasteiger partial charge in [0.2, 0.25) is 0 Å². The van der Waals surface area contributed by atoms with Gasteiger partial charge < -0.3 is 9.47 Å². The molecule has 98 valence electrons. The van der Waals surface area contributed by atoms with E-state index in [2.05, 4.69) is 18.3 Å². The lowest BCUT2D eigenvalue weighted by molar-refractivity contribution is -0.0470. The van der Waals surface area contributed by atoms with Crippen molar-refractivity contribution in [3.63, 3.8) is 0 Å². The predicted octanol–water partition coefficient (Wildman–Crippen LogP) is 1.85. The number of nitriles is 1. The van der Waals surface area contributed by atoms with E-state index in [9.17, 15) is 0 Å². The zero-order valence-electron chi connectivity index (χ0n) is 11.0. The van der Waals surface area contributed by atoms with Gasteiger partial charge in [-0.25, -0.2) is 0 Å². The van der Waals surface area contributed by atoms with Crippen LogP contribution in [-0.4, -0.2) is 38.0 Å². The number of nitrogens with one attached hydrogen (secondary N) is 1. The van der Waals surface area contributed by atoms with Crippen molar-refractivity contribution in [2.45, 2.75) is 51.2 Å². The van der Waals surface area contributed by atoms with Gasteiger partial charge in [-0.2, -0.15) is 5.26 Å². The molecule has 0 radical (unpaired) electrons. The van der Waals surface area contributed by atoms with E-state index in [-0.39, 0.29) is 6.10 Å². The summed E-state index contributed by atoms with van der Waals surface area (Å²) in [5.74, 6) is 0. The third-order valence-corrected chi connectivity index (χ3v) is 2.98. The Balaban J connectivity index is 2.20. The van der Waals surface area contributed by atoms with E-state index >= 15 is 0 Å². The molecule has 0 aromatic heterocycles. The molecule has 0 spiro atoms. The summed E-state index contributed by atoms with van der Waals surface area (Å²) in [6, 6.07) is 2.27. The summed E-state index contributed by atoms with van der Waals surface area (Å²) in [4.78, 5) is 0. The standard InChI is InChI=1S/C13H24N2O2/c1-3-7-15-13(2,10-14)11-16-9-12-6-4-5-8-17-12/h12,15H,3-9,11H2,1-2H3. The fraction of sp³-hybridized carbons (Fsp3) is 0.923. The molecule has 17 heavy (non-hydrogen) atoms. The Morgan fingerprint density at radius 3 is 2.94 bits per heavy atom. The van der Waals surface area contributed by atoms with Gasteiger partial charge in [0, 0.05) is 6.61 Å². The van der Waals surface area contributed by atoms with Crippen LogP contribution in [0, 0.1) is 11.3 Å². The molecule has 1 aliphatic heterocycles. The maximum Gasteiger partial charge on any atom is 0.127 e. The third-order valence-electron chi connectivity index (χ3n) is 2.98. The molecule has 1 aliphatic rings. The SMILES string of the molecule is CCCNC(C)(C#N)COCC1CCCCO1. The van der Waals surface area contributed by atoms with Crippen LogP contribution in [0.3, 0.4) is 0 Å². The molecule has 2 unspecified atom stereocenters. The maximum absolute atomic E-state index is 9.13. The van der Waals surface area contributed by atoms with E-state index in [4.69, 9.17) is 14.7 Å². The fourth-order valence-corrected chi connectivity index (χ4v) is 1.86.